The average Bonchev–Trinajstić information content (AvgIpc) is 2.34. The molecule has 2 nitrogen and oxygen atoms in total. The molecule has 0 amide bonds. The highest BCUT2D eigenvalue weighted by Crippen LogP contribution is 2.18. The summed E-state index contributed by atoms with van der Waals surface area (Å²) in [6.07, 6.45) is 0. The second kappa shape index (κ2) is 3.12. The van der Waals surface area contributed by atoms with Gasteiger partial charge in [0, 0.05) is 11.3 Å². The largest absolute Gasteiger partial charge is 0.243 e. The highest BCUT2D eigenvalue weighted by Gasteiger charge is 2.03. The molecule has 0 saturated heterocycles. The molecular formula is C7H10NOS. The van der Waals surface area contributed by atoms with Crippen LogP contribution in [0.4, 0.5) is 0 Å². The van der Waals surface area contributed by atoms with E-state index in [1.807, 2.05) is 5.38 Å². The Morgan fingerprint density at radius 3 is 2.70 bits per heavy atom. The summed E-state index contributed by atoms with van der Waals surface area (Å²) < 4.78 is 0. The van der Waals surface area contributed by atoms with Crippen molar-refractivity contribution >= 4 is 11.3 Å². The van der Waals surface area contributed by atoms with Gasteiger partial charge >= 0.3 is 0 Å². The Labute approximate surface area is 64.5 Å². The predicted octanol–water partition coefficient (Wildman–Crippen LogP) is 2.20. The van der Waals surface area contributed by atoms with E-state index in [9.17, 15) is 5.11 Å². The third kappa shape index (κ3) is 1.55. The van der Waals surface area contributed by atoms with Crippen LogP contribution in [-0.4, -0.2) is 4.98 Å². The molecule has 0 aliphatic carbocycles. The summed E-state index contributed by atoms with van der Waals surface area (Å²) >= 11 is 1.57. The van der Waals surface area contributed by atoms with E-state index < -0.39 is 0 Å². The van der Waals surface area contributed by atoms with Crippen LogP contribution in [0, 0.1) is 0 Å². The Morgan fingerprint density at radius 2 is 2.40 bits per heavy atom. The van der Waals surface area contributed by atoms with Gasteiger partial charge in [0.15, 0.2) is 0 Å². The van der Waals surface area contributed by atoms with Crippen LogP contribution in [0.25, 0.3) is 0 Å². The fourth-order valence-corrected chi connectivity index (χ4v) is 1.47. The lowest BCUT2D eigenvalue weighted by atomic mass is 10.2. The van der Waals surface area contributed by atoms with Crippen molar-refractivity contribution in [2.24, 2.45) is 0 Å². The van der Waals surface area contributed by atoms with Gasteiger partial charge in [-0.2, -0.15) is 0 Å². The highest BCUT2D eigenvalue weighted by atomic mass is 32.1. The van der Waals surface area contributed by atoms with Crippen molar-refractivity contribution < 1.29 is 5.11 Å². The van der Waals surface area contributed by atoms with Crippen molar-refractivity contribution in [2.45, 2.75) is 26.4 Å². The SMILES string of the molecule is CC(C)c1nc(C[O])cs1. The quantitative estimate of drug-likeness (QED) is 0.646. The predicted molar refractivity (Wildman–Crippen MR) is 40.6 cm³/mol. The molecule has 1 aromatic rings. The van der Waals surface area contributed by atoms with Gasteiger partial charge in [-0.1, -0.05) is 13.8 Å². The second-order valence-corrected chi connectivity index (χ2v) is 3.37. The fraction of sp³-hybridized carbons (Fsp3) is 0.571. The van der Waals surface area contributed by atoms with E-state index in [-0.39, 0.29) is 6.61 Å². The third-order valence-corrected chi connectivity index (χ3v) is 2.41. The molecule has 0 unspecified atom stereocenters. The van der Waals surface area contributed by atoms with E-state index in [2.05, 4.69) is 18.8 Å². The van der Waals surface area contributed by atoms with Crippen LogP contribution in [-0.2, 0) is 11.7 Å². The lowest BCUT2D eigenvalue weighted by Crippen LogP contribution is -1.86. The molecule has 0 atom stereocenters. The maximum absolute atomic E-state index is 10.3. The zero-order valence-electron chi connectivity index (χ0n) is 6.13. The molecule has 0 saturated carbocycles. The minimum Gasteiger partial charge on any atom is -0.243 e. The number of hydrogen-bond acceptors (Lipinski definition) is 2. The monoisotopic (exact) mass is 156 g/mol. The molecule has 1 rings (SSSR count). The van der Waals surface area contributed by atoms with Crippen molar-refractivity contribution in [1.29, 1.82) is 0 Å². The number of nitrogens with zero attached hydrogens (tertiary/aromatic N) is 1. The van der Waals surface area contributed by atoms with Crippen molar-refractivity contribution in [3.63, 3.8) is 0 Å². The molecule has 0 N–H and O–H groups in total. The number of thiazole rings is 1. The molecular weight excluding hydrogens is 146 g/mol. The van der Waals surface area contributed by atoms with Gasteiger partial charge in [-0.25, -0.2) is 10.1 Å². The van der Waals surface area contributed by atoms with Crippen molar-refractivity contribution in [1.82, 2.24) is 4.98 Å². The van der Waals surface area contributed by atoms with Gasteiger partial charge in [0.1, 0.15) is 6.61 Å². The van der Waals surface area contributed by atoms with Crippen molar-refractivity contribution in [3.8, 4) is 0 Å². The number of rotatable bonds is 2. The topological polar surface area (TPSA) is 32.8 Å². The molecule has 0 aromatic carbocycles. The third-order valence-electron chi connectivity index (χ3n) is 1.21. The Bertz CT molecular complexity index is 207. The fourth-order valence-electron chi connectivity index (χ4n) is 0.654. The smallest absolute Gasteiger partial charge is 0.125 e. The van der Waals surface area contributed by atoms with E-state index in [0.717, 1.165) is 5.01 Å². The first-order valence-electron chi connectivity index (χ1n) is 3.26. The van der Waals surface area contributed by atoms with Crippen LogP contribution in [0.15, 0.2) is 5.38 Å². The molecule has 10 heavy (non-hydrogen) atoms. The van der Waals surface area contributed by atoms with E-state index in [1.165, 1.54) is 0 Å². The van der Waals surface area contributed by atoms with Gasteiger partial charge in [0.2, 0.25) is 0 Å². The number of aromatic nitrogens is 1. The lowest BCUT2D eigenvalue weighted by Gasteiger charge is -1.94. The molecule has 0 bridgehead atoms. The van der Waals surface area contributed by atoms with Crippen LogP contribution in [0.5, 0.6) is 0 Å². The zero-order chi connectivity index (χ0) is 7.56. The van der Waals surface area contributed by atoms with Gasteiger partial charge in [0.05, 0.1) is 10.7 Å². The van der Waals surface area contributed by atoms with Crippen LogP contribution in [0.2, 0.25) is 0 Å². The first kappa shape index (κ1) is 7.69. The molecule has 3 heteroatoms. The summed E-state index contributed by atoms with van der Waals surface area (Å²) in [5.74, 6) is 0.449. The minimum absolute atomic E-state index is 0.191. The summed E-state index contributed by atoms with van der Waals surface area (Å²) in [5.41, 5.74) is 0.675. The molecule has 0 spiro atoms. The van der Waals surface area contributed by atoms with E-state index in [4.69, 9.17) is 0 Å². The Kier molecular flexibility index (Phi) is 2.40. The Balaban J connectivity index is 2.78. The zero-order valence-corrected chi connectivity index (χ0v) is 6.94. The van der Waals surface area contributed by atoms with Crippen LogP contribution >= 0.6 is 11.3 Å². The molecule has 1 heterocycles. The van der Waals surface area contributed by atoms with Gasteiger partial charge < -0.3 is 0 Å². The van der Waals surface area contributed by atoms with Crippen LogP contribution < -0.4 is 0 Å². The maximum atomic E-state index is 10.3. The highest BCUT2D eigenvalue weighted by molar-refractivity contribution is 7.09. The average molecular weight is 156 g/mol. The van der Waals surface area contributed by atoms with Gasteiger partial charge in [0.25, 0.3) is 0 Å². The maximum Gasteiger partial charge on any atom is 0.125 e. The standard InChI is InChI=1S/C7H10NOS/c1-5(2)7-8-6(3-9)4-10-7/h4-5H,3H2,1-2H3. The summed E-state index contributed by atoms with van der Waals surface area (Å²) in [6.45, 7) is 3.96. The van der Waals surface area contributed by atoms with E-state index in [0.29, 0.717) is 11.6 Å². The van der Waals surface area contributed by atoms with Crippen molar-refractivity contribution in [3.05, 3.63) is 16.1 Å². The molecule has 0 aliphatic rings. The summed E-state index contributed by atoms with van der Waals surface area (Å²) in [4.78, 5) is 4.13. The normalized spacial score (nSPS) is 10.8. The second-order valence-electron chi connectivity index (χ2n) is 2.48. The molecule has 1 radical (unpaired) electrons. The molecule has 0 fully saturated rings. The van der Waals surface area contributed by atoms with Gasteiger partial charge in [-0.15, -0.1) is 11.3 Å². The Hall–Kier alpha value is -0.410. The summed E-state index contributed by atoms with van der Waals surface area (Å²) in [6, 6.07) is 0. The van der Waals surface area contributed by atoms with E-state index in [1.54, 1.807) is 11.3 Å². The van der Waals surface area contributed by atoms with Crippen LogP contribution in [0.3, 0.4) is 0 Å². The van der Waals surface area contributed by atoms with Gasteiger partial charge in [-0.3, -0.25) is 0 Å². The van der Waals surface area contributed by atoms with Crippen molar-refractivity contribution in [2.75, 3.05) is 0 Å². The Morgan fingerprint density at radius 1 is 1.70 bits per heavy atom. The lowest BCUT2D eigenvalue weighted by molar-refractivity contribution is 0.174. The molecule has 0 aliphatic heterocycles. The first-order valence-corrected chi connectivity index (χ1v) is 4.14. The van der Waals surface area contributed by atoms with Crippen LogP contribution in [0.1, 0.15) is 30.5 Å². The summed E-state index contributed by atoms with van der Waals surface area (Å²) in [7, 11) is 0. The minimum atomic E-state index is -0.191. The van der Waals surface area contributed by atoms with E-state index >= 15 is 0 Å². The van der Waals surface area contributed by atoms with Gasteiger partial charge in [-0.05, 0) is 0 Å². The summed E-state index contributed by atoms with van der Waals surface area (Å²) in [5, 5.41) is 13.2. The first-order chi connectivity index (χ1) is 4.74. The number of hydrogen-bond donors (Lipinski definition) is 0. The molecule has 1 aromatic heterocycles. The molecule has 55 valence electrons.